The molecule has 2 saturated heterocycles. The second kappa shape index (κ2) is 6.23. The molecule has 3 heterocycles. The number of sulfonamides is 1. The molecule has 2 aliphatic rings. The first kappa shape index (κ1) is 15.9. The highest BCUT2D eigenvalue weighted by Gasteiger charge is 2.46. The number of hydrogen-bond donors (Lipinski definition) is 1. The summed E-state index contributed by atoms with van der Waals surface area (Å²) in [6.07, 6.45) is 5.03. The van der Waals surface area contributed by atoms with E-state index in [4.69, 9.17) is 4.74 Å². The molecular weight excluding hydrogens is 302 g/mol. The van der Waals surface area contributed by atoms with Gasteiger partial charge in [-0.3, -0.25) is 9.88 Å². The van der Waals surface area contributed by atoms with Gasteiger partial charge in [0, 0.05) is 32.4 Å². The monoisotopic (exact) mass is 325 g/mol. The van der Waals surface area contributed by atoms with E-state index in [0.29, 0.717) is 13.2 Å². The molecule has 1 N–H and O–H groups in total. The minimum atomic E-state index is -3.11. The Morgan fingerprint density at radius 1 is 1.45 bits per heavy atom. The molecule has 0 bridgehead atoms. The number of pyridine rings is 1. The molecule has 1 atom stereocenters. The topological polar surface area (TPSA) is 71.5 Å². The van der Waals surface area contributed by atoms with Crippen LogP contribution < -0.4 is 4.72 Å². The lowest BCUT2D eigenvalue weighted by atomic mass is 9.83. The molecule has 0 aliphatic carbocycles. The summed E-state index contributed by atoms with van der Waals surface area (Å²) in [7, 11) is -3.11. The van der Waals surface area contributed by atoms with Gasteiger partial charge in [0.2, 0.25) is 10.0 Å². The van der Waals surface area contributed by atoms with Crippen molar-refractivity contribution >= 4 is 10.0 Å². The first-order chi connectivity index (χ1) is 10.4. The van der Waals surface area contributed by atoms with Crippen molar-refractivity contribution in [3.63, 3.8) is 0 Å². The maximum Gasteiger partial charge on any atom is 0.208 e. The highest BCUT2D eigenvalue weighted by Crippen LogP contribution is 2.36. The summed E-state index contributed by atoms with van der Waals surface area (Å²) in [5.41, 5.74) is 1.07. The quantitative estimate of drug-likeness (QED) is 0.859. The summed E-state index contributed by atoms with van der Waals surface area (Å²) in [5.74, 6) is 0.283. The van der Waals surface area contributed by atoms with Crippen molar-refractivity contribution in [3.8, 4) is 0 Å². The van der Waals surface area contributed by atoms with E-state index in [1.54, 1.807) is 0 Å². The van der Waals surface area contributed by atoms with E-state index in [9.17, 15) is 8.42 Å². The molecule has 0 saturated carbocycles. The van der Waals surface area contributed by atoms with Gasteiger partial charge in [-0.05, 0) is 30.9 Å². The fourth-order valence-electron chi connectivity index (χ4n) is 3.20. The predicted molar refractivity (Wildman–Crippen MR) is 83.8 cm³/mol. The molecule has 0 aromatic carbocycles. The van der Waals surface area contributed by atoms with Gasteiger partial charge in [-0.25, -0.2) is 13.1 Å². The fourth-order valence-corrected chi connectivity index (χ4v) is 3.74. The third-order valence-electron chi connectivity index (χ3n) is 4.40. The highest BCUT2D eigenvalue weighted by atomic mass is 32.2. The number of rotatable bonds is 5. The molecule has 0 radical (unpaired) electrons. The van der Waals surface area contributed by atoms with E-state index in [1.807, 2.05) is 24.4 Å². The summed E-state index contributed by atoms with van der Waals surface area (Å²) < 4.78 is 30.9. The average Bonchev–Trinajstić information content (AvgIpc) is 2.45. The summed E-state index contributed by atoms with van der Waals surface area (Å²) in [5, 5.41) is 0. The Labute approximate surface area is 131 Å². The molecule has 0 unspecified atom stereocenters. The van der Waals surface area contributed by atoms with Gasteiger partial charge in [-0.1, -0.05) is 6.07 Å². The third kappa shape index (κ3) is 4.04. The minimum Gasteiger partial charge on any atom is -0.372 e. The zero-order valence-corrected chi connectivity index (χ0v) is 13.7. The number of likely N-dealkylation sites (tertiary alicyclic amines) is 1. The van der Waals surface area contributed by atoms with Crippen molar-refractivity contribution in [2.24, 2.45) is 5.92 Å². The number of hydrogen-bond acceptors (Lipinski definition) is 5. The Bertz CT molecular complexity index is 590. The van der Waals surface area contributed by atoms with Gasteiger partial charge in [0.25, 0.3) is 0 Å². The van der Waals surface area contributed by atoms with Crippen LogP contribution >= 0.6 is 0 Å². The summed E-state index contributed by atoms with van der Waals surface area (Å²) in [6, 6.07) is 5.98. The minimum absolute atomic E-state index is 0.0175. The van der Waals surface area contributed by atoms with Crippen LogP contribution in [0.3, 0.4) is 0 Å². The van der Waals surface area contributed by atoms with E-state index in [2.05, 4.69) is 14.6 Å². The van der Waals surface area contributed by atoms with Crippen molar-refractivity contribution in [1.82, 2.24) is 14.6 Å². The lowest BCUT2D eigenvalue weighted by molar-refractivity contribution is -0.181. The van der Waals surface area contributed by atoms with Crippen molar-refractivity contribution in [2.45, 2.75) is 25.0 Å². The van der Waals surface area contributed by atoms with E-state index < -0.39 is 10.0 Å². The number of aromatic nitrogens is 1. The predicted octanol–water partition coefficient (Wildman–Crippen LogP) is 0.612. The van der Waals surface area contributed by atoms with Gasteiger partial charge >= 0.3 is 0 Å². The molecule has 6 nitrogen and oxygen atoms in total. The zero-order chi connectivity index (χ0) is 15.6. The van der Waals surface area contributed by atoms with Crippen LogP contribution in [0, 0.1) is 5.92 Å². The van der Waals surface area contributed by atoms with Crippen LogP contribution in [0.1, 0.15) is 18.5 Å². The lowest BCUT2D eigenvalue weighted by Gasteiger charge is -2.52. The Balaban J connectivity index is 1.41. The first-order valence-corrected chi connectivity index (χ1v) is 9.54. The van der Waals surface area contributed by atoms with E-state index in [-0.39, 0.29) is 11.5 Å². The lowest BCUT2D eigenvalue weighted by Crippen LogP contribution is -2.64. The van der Waals surface area contributed by atoms with Crippen LogP contribution in [0.5, 0.6) is 0 Å². The normalized spacial score (nSPS) is 25.0. The van der Waals surface area contributed by atoms with Gasteiger partial charge < -0.3 is 4.74 Å². The molecule has 1 aromatic heterocycles. The molecule has 3 rings (SSSR count). The van der Waals surface area contributed by atoms with E-state index in [0.717, 1.165) is 38.2 Å². The van der Waals surface area contributed by atoms with Gasteiger partial charge in [0.15, 0.2) is 0 Å². The summed E-state index contributed by atoms with van der Waals surface area (Å²) in [6.45, 7) is 3.86. The van der Waals surface area contributed by atoms with Crippen molar-refractivity contribution in [3.05, 3.63) is 30.1 Å². The maximum atomic E-state index is 11.1. The Morgan fingerprint density at radius 2 is 2.27 bits per heavy atom. The van der Waals surface area contributed by atoms with Gasteiger partial charge in [-0.2, -0.15) is 0 Å². The summed E-state index contributed by atoms with van der Waals surface area (Å²) >= 11 is 0. The van der Waals surface area contributed by atoms with Crippen molar-refractivity contribution in [2.75, 3.05) is 32.5 Å². The SMILES string of the molecule is CS(=O)(=O)NC[C@@H]1CCC2(CN(Cc3ccccn3)C2)OC1. The molecule has 0 amide bonds. The van der Waals surface area contributed by atoms with Crippen molar-refractivity contribution < 1.29 is 13.2 Å². The maximum absolute atomic E-state index is 11.1. The first-order valence-electron chi connectivity index (χ1n) is 7.65. The number of nitrogens with one attached hydrogen (secondary N) is 1. The number of ether oxygens (including phenoxy) is 1. The molecule has 1 spiro atoms. The Morgan fingerprint density at radius 3 is 2.86 bits per heavy atom. The molecular formula is C15H23N3O3S. The van der Waals surface area contributed by atoms with Crippen LogP contribution in [0.2, 0.25) is 0 Å². The molecule has 7 heteroatoms. The standard InChI is InChI=1S/C15H23N3O3S/c1-22(19,20)17-8-13-5-6-15(21-10-13)11-18(12-15)9-14-4-2-3-7-16-14/h2-4,7,13,17H,5-6,8-12H2,1H3/t13-/m0/s1. The van der Waals surface area contributed by atoms with Crippen LogP contribution in [0.25, 0.3) is 0 Å². The van der Waals surface area contributed by atoms with E-state index >= 15 is 0 Å². The van der Waals surface area contributed by atoms with Gasteiger partial charge in [0.1, 0.15) is 0 Å². The molecule has 122 valence electrons. The average molecular weight is 325 g/mol. The second-order valence-electron chi connectivity index (χ2n) is 6.49. The third-order valence-corrected chi connectivity index (χ3v) is 5.09. The van der Waals surface area contributed by atoms with Crippen molar-refractivity contribution in [1.29, 1.82) is 0 Å². The highest BCUT2D eigenvalue weighted by molar-refractivity contribution is 7.88. The smallest absolute Gasteiger partial charge is 0.208 e. The largest absolute Gasteiger partial charge is 0.372 e. The van der Waals surface area contributed by atoms with Gasteiger partial charge in [0.05, 0.1) is 24.2 Å². The van der Waals surface area contributed by atoms with Crippen LogP contribution in [0.4, 0.5) is 0 Å². The van der Waals surface area contributed by atoms with Crippen LogP contribution in [-0.2, 0) is 21.3 Å². The molecule has 2 aliphatic heterocycles. The number of nitrogens with zero attached hydrogens (tertiary/aromatic N) is 2. The second-order valence-corrected chi connectivity index (χ2v) is 8.32. The van der Waals surface area contributed by atoms with Crippen LogP contribution in [-0.4, -0.2) is 56.4 Å². The van der Waals surface area contributed by atoms with Gasteiger partial charge in [-0.15, -0.1) is 0 Å². The van der Waals surface area contributed by atoms with E-state index in [1.165, 1.54) is 6.26 Å². The fraction of sp³-hybridized carbons (Fsp3) is 0.667. The molecule has 2 fully saturated rings. The Hall–Kier alpha value is -1.02. The Kier molecular flexibility index (Phi) is 4.49. The molecule has 22 heavy (non-hydrogen) atoms. The zero-order valence-electron chi connectivity index (χ0n) is 12.9. The molecule has 1 aromatic rings. The van der Waals surface area contributed by atoms with Crippen LogP contribution in [0.15, 0.2) is 24.4 Å². The summed E-state index contributed by atoms with van der Waals surface area (Å²) in [4.78, 5) is 6.69.